The molecule has 7 heteroatoms. The van der Waals surface area contributed by atoms with Crippen molar-refractivity contribution in [2.75, 3.05) is 0 Å². The van der Waals surface area contributed by atoms with Crippen molar-refractivity contribution >= 4 is 16.8 Å². The average molecular weight is 329 g/mol. The molecule has 0 bridgehead atoms. The average Bonchev–Trinajstić information content (AvgIpc) is 2.88. The van der Waals surface area contributed by atoms with Crippen LogP contribution in [0.5, 0.6) is 0 Å². The van der Waals surface area contributed by atoms with Crippen LogP contribution in [0, 0.1) is 28.8 Å². The van der Waals surface area contributed by atoms with Gasteiger partial charge in [0.1, 0.15) is 5.69 Å². The van der Waals surface area contributed by atoms with Crippen LogP contribution in [0.4, 0.5) is 13.2 Å². The Morgan fingerprint density at radius 1 is 1.12 bits per heavy atom. The van der Waals surface area contributed by atoms with Gasteiger partial charge < -0.3 is 10.3 Å². The number of hydrogen-bond donors (Lipinski definition) is 1. The number of carbonyl (C=O) groups is 1. The summed E-state index contributed by atoms with van der Waals surface area (Å²) in [5.74, 6) is -4.94. The van der Waals surface area contributed by atoms with E-state index < -0.39 is 23.4 Å². The normalized spacial score (nSPS) is 10.8. The summed E-state index contributed by atoms with van der Waals surface area (Å²) in [5, 5.41) is 9.66. The predicted octanol–water partition coefficient (Wildman–Crippen LogP) is 3.23. The summed E-state index contributed by atoms with van der Waals surface area (Å²) in [4.78, 5) is 11.5. The summed E-state index contributed by atoms with van der Waals surface area (Å²) < 4.78 is 41.8. The number of hydrogen-bond acceptors (Lipinski definition) is 2. The maximum atomic E-state index is 13.6. The molecule has 4 nitrogen and oxygen atoms in total. The van der Waals surface area contributed by atoms with E-state index in [-0.39, 0.29) is 22.4 Å². The molecule has 0 fully saturated rings. The van der Waals surface area contributed by atoms with Gasteiger partial charge in [-0.2, -0.15) is 5.26 Å². The molecule has 0 aliphatic rings. The summed E-state index contributed by atoms with van der Waals surface area (Å²) >= 11 is 0. The molecule has 0 spiro atoms. The third-order valence-corrected chi connectivity index (χ3v) is 3.80. The molecular formula is C17H10F3N3O. The largest absolute Gasteiger partial charge is 0.364 e. The fourth-order valence-electron chi connectivity index (χ4n) is 2.74. The monoisotopic (exact) mass is 329 g/mol. The van der Waals surface area contributed by atoms with Crippen LogP contribution in [-0.2, 0) is 7.05 Å². The van der Waals surface area contributed by atoms with Gasteiger partial charge in [0.25, 0.3) is 5.91 Å². The molecule has 2 aromatic carbocycles. The fourth-order valence-corrected chi connectivity index (χ4v) is 2.74. The van der Waals surface area contributed by atoms with E-state index in [4.69, 9.17) is 11.0 Å². The Kier molecular flexibility index (Phi) is 3.53. The highest BCUT2D eigenvalue weighted by Crippen LogP contribution is 2.33. The van der Waals surface area contributed by atoms with Crippen LogP contribution in [-0.4, -0.2) is 10.5 Å². The minimum absolute atomic E-state index is 0.0470. The van der Waals surface area contributed by atoms with Crippen molar-refractivity contribution in [3.8, 4) is 17.2 Å². The minimum atomic E-state index is -1.57. The van der Waals surface area contributed by atoms with Crippen molar-refractivity contribution in [3.05, 3.63) is 59.0 Å². The zero-order chi connectivity index (χ0) is 17.6. The van der Waals surface area contributed by atoms with Gasteiger partial charge in [-0.1, -0.05) is 0 Å². The van der Waals surface area contributed by atoms with E-state index in [2.05, 4.69) is 0 Å². The van der Waals surface area contributed by atoms with Gasteiger partial charge in [0, 0.05) is 18.0 Å². The molecular weight excluding hydrogens is 319 g/mol. The second-order valence-electron chi connectivity index (χ2n) is 5.28. The third-order valence-electron chi connectivity index (χ3n) is 3.80. The summed E-state index contributed by atoms with van der Waals surface area (Å²) in [6, 6.07) is 8.05. The van der Waals surface area contributed by atoms with E-state index in [9.17, 15) is 18.0 Å². The molecule has 0 saturated heterocycles. The van der Waals surface area contributed by atoms with Crippen molar-refractivity contribution in [2.24, 2.45) is 12.8 Å². The van der Waals surface area contributed by atoms with E-state index in [0.29, 0.717) is 10.9 Å². The number of nitriles is 1. The molecule has 1 amide bonds. The molecule has 3 rings (SSSR count). The summed E-state index contributed by atoms with van der Waals surface area (Å²) in [6.45, 7) is 0. The quantitative estimate of drug-likeness (QED) is 0.733. The van der Waals surface area contributed by atoms with Crippen LogP contribution in [0.1, 0.15) is 16.1 Å². The first-order valence-corrected chi connectivity index (χ1v) is 6.81. The van der Waals surface area contributed by atoms with Gasteiger partial charge >= 0.3 is 0 Å². The van der Waals surface area contributed by atoms with Gasteiger partial charge in [0.05, 0.1) is 17.1 Å². The summed E-state index contributed by atoms with van der Waals surface area (Å²) in [5.41, 5.74) is 6.50. The maximum Gasteiger partial charge on any atom is 0.265 e. The van der Waals surface area contributed by atoms with E-state index in [1.807, 2.05) is 6.07 Å². The lowest BCUT2D eigenvalue weighted by atomic mass is 10.00. The zero-order valence-corrected chi connectivity index (χ0v) is 12.4. The van der Waals surface area contributed by atoms with Gasteiger partial charge in [-0.05, 0) is 35.9 Å². The number of nitrogens with zero attached hydrogens (tertiary/aromatic N) is 2. The number of amides is 1. The Labute approximate surface area is 134 Å². The van der Waals surface area contributed by atoms with Crippen LogP contribution in [0.3, 0.4) is 0 Å². The van der Waals surface area contributed by atoms with Crippen molar-refractivity contribution in [2.45, 2.75) is 0 Å². The van der Waals surface area contributed by atoms with E-state index in [1.54, 1.807) is 7.05 Å². The maximum absolute atomic E-state index is 13.6. The number of fused-ring (bicyclic) bond motifs is 1. The molecule has 120 valence electrons. The molecule has 0 saturated carbocycles. The number of rotatable bonds is 2. The second-order valence-corrected chi connectivity index (χ2v) is 5.28. The molecule has 3 aromatic rings. The van der Waals surface area contributed by atoms with Crippen LogP contribution in [0.15, 0.2) is 30.3 Å². The molecule has 2 N–H and O–H groups in total. The van der Waals surface area contributed by atoms with Crippen molar-refractivity contribution in [3.63, 3.8) is 0 Å². The number of aryl methyl sites for hydroxylation is 1. The van der Waals surface area contributed by atoms with Crippen LogP contribution in [0.2, 0.25) is 0 Å². The lowest BCUT2D eigenvalue weighted by Crippen LogP contribution is -2.15. The van der Waals surface area contributed by atoms with Crippen LogP contribution < -0.4 is 5.73 Å². The Morgan fingerprint density at radius 2 is 1.75 bits per heavy atom. The highest BCUT2D eigenvalue weighted by Gasteiger charge is 2.18. The SMILES string of the molecule is Cn1c(C(N)=O)cc2cc(C#N)cc(-c3cc(F)c(F)c(F)c3)c21. The molecule has 1 heterocycles. The van der Waals surface area contributed by atoms with Crippen molar-refractivity contribution in [1.82, 2.24) is 4.57 Å². The Bertz CT molecular complexity index is 1020. The number of benzene rings is 2. The number of primary amides is 1. The first-order valence-electron chi connectivity index (χ1n) is 6.81. The molecule has 0 radical (unpaired) electrons. The van der Waals surface area contributed by atoms with Gasteiger partial charge in [-0.25, -0.2) is 13.2 Å². The highest BCUT2D eigenvalue weighted by atomic mass is 19.2. The van der Waals surface area contributed by atoms with Crippen LogP contribution >= 0.6 is 0 Å². The van der Waals surface area contributed by atoms with Gasteiger partial charge in [-0.15, -0.1) is 0 Å². The molecule has 0 aliphatic carbocycles. The molecule has 24 heavy (non-hydrogen) atoms. The number of halogens is 3. The molecule has 0 atom stereocenters. The van der Waals surface area contributed by atoms with Crippen LogP contribution in [0.25, 0.3) is 22.0 Å². The number of nitrogens with two attached hydrogens (primary N) is 1. The molecule has 0 aliphatic heterocycles. The Morgan fingerprint density at radius 3 is 2.29 bits per heavy atom. The number of carbonyl (C=O) groups excluding carboxylic acids is 1. The standard InChI is InChI=1S/C17H10F3N3O/c1-23-14(17(22)24)6-10-2-8(7-21)3-11(16(10)23)9-4-12(18)15(20)13(19)5-9/h2-6H,1H3,(H2,22,24). The van der Waals surface area contributed by atoms with E-state index in [0.717, 1.165) is 12.1 Å². The minimum Gasteiger partial charge on any atom is -0.364 e. The van der Waals surface area contributed by atoms with Gasteiger partial charge in [-0.3, -0.25) is 4.79 Å². The fraction of sp³-hybridized carbons (Fsp3) is 0.0588. The van der Waals surface area contributed by atoms with E-state index >= 15 is 0 Å². The van der Waals surface area contributed by atoms with Crippen molar-refractivity contribution in [1.29, 1.82) is 5.26 Å². The Hall–Kier alpha value is -3.27. The summed E-state index contributed by atoms with van der Waals surface area (Å²) in [7, 11) is 1.56. The first-order chi connectivity index (χ1) is 11.3. The lowest BCUT2D eigenvalue weighted by Gasteiger charge is -2.09. The van der Waals surface area contributed by atoms with E-state index in [1.165, 1.54) is 22.8 Å². The number of aromatic nitrogens is 1. The predicted molar refractivity (Wildman–Crippen MR) is 81.5 cm³/mol. The first kappa shape index (κ1) is 15.6. The summed E-state index contributed by atoms with van der Waals surface area (Å²) in [6.07, 6.45) is 0. The zero-order valence-electron chi connectivity index (χ0n) is 12.4. The molecule has 1 aromatic heterocycles. The van der Waals surface area contributed by atoms with Crippen molar-refractivity contribution < 1.29 is 18.0 Å². The topological polar surface area (TPSA) is 71.8 Å². The van der Waals surface area contributed by atoms with Gasteiger partial charge in [0.15, 0.2) is 17.5 Å². The van der Waals surface area contributed by atoms with Gasteiger partial charge in [0.2, 0.25) is 0 Å². The molecule has 0 unspecified atom stereocenters. The Balaban J connectivity index is 2.43. The second kappa shape index (κ2) is 5.42. The smallest absolute Gasteiger partial charge is 0.265 e. The highest BCUT2D eigenvalue weighted by molar-refractivity contribution is 6.03. The lowest BCUT2D eigenvalue weighted by molar-refractivity contribution is 0.0993. The third kappa shape index (κ3) is 2.29.